The molecule has 1 saturated heterocycles. The molecule has 0 saturated carbocycles. The van der Waals surface area contributed by atoms with E-state index < -0.39 is 0 Å². The molecule has 2 aromatic rings. The van der Waals surface area contributed by atoms with Crippen LogP contribution < -0.4 is 10.2 Å². The number of hydrogen-bond acceptors (Lipinski definition) is 4. The molecule has 100 valence electrons. The standard InChI is InChI=1S/C15H20N4/c1-11(2)14-12-5-3-4-6-13(12)17-15(18-14)19-9-7-16-8-10-19/h3-6,11,16H,7-10H2,1-2H3. The van der Waals surface area contributed by atoms with Crippen molar-refractivity contribution in [1.29, 1.82) is 0 Å². The van der Waals surface area contributed by atoms with Crippen LogP contribution in [-0.2, 0) is 0 Å². The number of benzene rings is 1. The third-order valence-corrected chi connectivity index (χ3v) is 3.57. The van der Waals surface area contributed by atoms with E-state index in [2.05, 4.69) is 42.3 Å². The number of nitrogens with zero attached hydrogens (tertiary/aromatic N) is 3. The molecule has 1 aromatic heterocycles. The minimum atomic E-state index is 0.412. The van der Waals surface area contributed by atoms with Gasteiger partial charge in [0.25, 0.3) is 0 Å². The Labute approximate surface area is 113 Å². The molecule has 19 heavy (non-hydrogen) atoms. The lowest BCUT2D eigenvalue weighted by atomic mass is 10.0. The van der Waals surface area contributed by atoms with E-state index in [1.54, 1.807) is 0 Å². The average molecular weight is 256 g/mol. The van der Waals surface area contributed by atoms with Gasteiger partial charge in [-0.1, -0.05) is 32.0 Å². The van der Waals surface area contributed by atoms with E-state index in [-0.39, 0.29) is 0 Å². The molecule has 2 heterocycles. The SMILES string of the molecule is CC(C)c1nc(N2CCNCC2)nc2ccccc12. The van der Waals surface area contributed by atoms with Crippen LogP contribution in [0.5, 0.6) is 0 Å². The number of hydrogen-bond donors (Lipinski definition) is 1. The lowest BCUT2D eigenvalue weighted by Crippen LogP contribution is -2.44. The second-order valence-electron chi connectivity index (χ2n) is 5.32. The van der Waals surface area contributed by atoms with Crippen LogP contribution in [0.4, 0.5) is 5.95 Å². The molecule has 1 aliphatic heterocycles. The van der Waals surface area contributed by atoms with Gasteiger partial charge in [0.2, 0.25) is 5.95 Å². The first kappa shape index (κ1) is 12.4. The molecule has 0 radical (unpaired) electrons. The maximum atomic E-state index is 4.81. The zero-order valence-electron chi connectivity index (χ0n) is 11.6. The van der Waals surface area contributed by atoms with Crippen molar-refractivity contribution in [2.24, 2.45) is 0 Å². The predicted molar refractivity (Wildman–Crippen MR) is 78.7 cm³/mol. The first-order valence-electron chi connectivity index (χ1n) is 6.98. The van der Waals surface area contributed by atoms with Crippen LogP contribution in [0.25, 0.3) is 10.9 Å². The van der Waals surface area contributed by atoms with Crippen LogP contribution in [0.2, 0.25) is 0 Å². The molecule has 0 unspecified atom stereocenters. The van der Waals surface area contributed by atoms with Gasteiger partial charge in [0, 0.05) is 31.6 Å². The molecular formula is C15H20N4. The Bertz CT molecular complexity index is 573. The van der Waals surface area contributed by atoms with Crippen LogP contribution in [-0.4, -0.2) is 36.1 Å². The fraction of sp³-hybridized carbons (Fsp3) is 0.467. The summed E-state index contributed by atoms with van der Waals surface area (Å²) in [7, 11) is 0. The van der Waals surface area contributed by atoms with Gasteiger partial charge in [0.05, 0.1) is 11.2 Å². The summed E-state index contributed by atoms with van der Waals surface area (Å²) < 4.78 is 0. The van der Waals surface area contributed by atoms with Crippen molar-refractivity contribution in [3.05, 3.63) is 30.0 Å². The van der Waals surface area contributed by atoms with E-state index in [1.165, 1.54) is 5.39 Å². The quantitative estimate of drug-likeness (QED) is 0.894. The van der Waals surface area contributed by atoms with Crippen LogP contribution in [0.15, 0.2) is 24.3 Å². The Morgan fingerprint density at radius 1 is 1.11 bits per heavy atom. The average Bonchev–Trinajstić information content (AvgIpc) is 2.47. The molecule has 0 spiro atoms. The zero-order chi connectivity index (χ0) is 13.2. The van der Waals surface area contributed by atoms with Crippen molar-refractivity contribution in [1.82, 2.24) is 15.3 Å². The van der Waals surface area contributed by atoms with E-state index in [0.717, 1.165) is 43.3 Å². The summed E-state index contributed by atoms with van der Waals surface area (Å²) >= 11 is 0. The second kappa shape index (κ2) is 5.13. The topological polar surface area (TPSA) is 41.1 Å². The van der Waals surface area contributed by atoms with Crippen molar-refractivity contribution in [2.45, 2.75) is 19.8 Å². The van der Waals surface area contributed by atoms with Gasteiger partial charge in [-0.3, -0.25) is 0 Å². The molecule has 1 aliphatic rings. The van der Waals surface area contributed by atoms with E-state index >= 15 is 0 Å². The normalized spacial score (nSPS) is 16.3. The van der Waals surface area contributed by atoms with Gasteiger partial charge >= 0.3 is 0 Å². The summed E-state index contributed by atoms with van der Waals surface area (Å²) in [6, 6.07) is 8.30. The fourth-order valence-corrected chi connectivity index (χ4v) is 2.53. The van der Waals surface area contributed by atoms with Crippen LogP contribution in [0, 0.1) is 0 Å². The van der Waals surface area contributed by atoms with E-state index in [0.29, 0.717) is 5.92 Å². The third kappa shape index (κ3) is 2.40. The monoisotopic (exact) mass is 256 g/mol. The third-order valence-electron chi connectivity index (χ3n) is 3.57. The second-order valence-corrected chi connectivity index (χ2v) is 5.32. The zero-order valence-corrected chi connectivity index (χ0v) is 11.6. The number of nitrogens with one attached hydrogen (secondary N) is 1. The summed E-state index contributed by atoms with van der Waals surface area (Å²) in [6.07, 6.45) is 0. The first-order chi connectivity index (χ1) is 9.25. The van der Waals surface area contributed by atoms with Gasteiger partial charge in [-0.15, -0.1) is 0 Å². The van der Waals surface area contributed by atoms with Crippen molar-refractivity contribution in [2.75, 3.05) is 31.1 Å². The van der Waals surface area contributed by atoms with E-state index in [4.69, 9.17) is 9.97 Å². The number of para-hydroxylation sites is 1. The lowest BCUT2D eigenvalue weighted by Gasteiger charge is -2.28. The molecule has 4 nitrogen and oxygen atoms in total. The highest BCUT2D eigenvalue weighted by molar-refractivity contribution is 5.82. The molecule has 1 fully saturated rings. The van der Waals surface area contributed by atoms with Crippen molar-refractivity contribution in [3.63, 3.8) is 0 Å². The van der Waals surface area contributed by atoms with Gasteiger partial charge in [-0.25, -0.2) is 9.97 Å². The molecule has 0 amide bonds. The smallest absolute Gasteiger partial charge is 0.226 e. The number of rotatable bonds is 2. The van der Waals surface area contributed by atoms with Gasteiger partial charge in [-0.2, -0.15) is 0 Å². The highest BCUT2D eigenvalue weighted by Crippen LogP contribution is 2.25. The molecule has 1 N–H and O–H groups in total. The Balaban J connectivity index is 2.10. The number of anilines is 1. The molecular weight excluding hydrogens is 236 g/mol. The summed E-state index contributed by atoms with van der Waals surface area (Å²) in [5, 5.41) is 4.54. The summed E-state index contributed by atoms with van der Waals surface area (Å²) in [6.45, 7) is 8.36. The summed E-state index contributed by atoms with van der Waals surface area (Å²) in [5.74, 6) is 1.29. The first-order valence-corrected chi connectivity index (χ1v) is 6.98. The van der Waals surface area contributed by atoms with Crippen molar-refractivity contribution < 1.29 is 0 Å². The number of aromatic nitrogens is 2. The fourth-order valence-electron chi connectivity index (χ4n) is 2.53. The van der Waals surface area contributed by atoms with Gasteiger partial charge in [0.15, 0.2) is 0 Å². The highest BCUT2D eigenvalue weighted by atomic mass is 15.3. The van der Waals surface area contributed by atoms with Gasteiger partial charge in [0.1, 0.15) is 0 Å². The predicted octanol–water partition coefficient (Wildman–Crippen LogP) is 2.16. The van der Waals surface area contributed by atoms with Crippen molar-refractivity contribution in [3.8, 4) is 0 Å². The van der Waals surface area contributed by atoms with Crippen LogP contribution in [0.1, 0.15) is 25.5 Å². The minimum absolute atomic E-state index is 0.412. The maximum Gasteiger partial charge on any atom is 0.226 e. The molecule has 1 aromatic carbocycles. The highest BCUT2D eigenvalue weighted by Gasteiger charge is 2.16. The van der Waals surface area contributed by atoms with E-state index in [1.807, 2.05) is 6.07 Å². The maximum absolute atomic E-state index is 4.81. The molecule has 0 atom stereocenters. The largest absolute Gasteiger partial charge is 0.338 e. The lowest BCUT2D eigenvalue weighted by molar-refractivity contribution is 0.579. The van der Waals surface area contributed by atoms with Crippen LogP contribution >= 0.6 is 0 Å². The molecule has 3 rings (SSSR count). The molecule has 0 aliphatic carbocycles. The minimum Gasteiger partial charge on any atom is -0.338 e. The Kier molecular flexibility index (Phi) is 3.34. The molecule has 0 bridgehead atoms. The van der Waals surface area contributed by atoms with Gasteiger partial charge in [-0.05, 0) is 12.0 Å². The van der Waals surface area contributed by atoms with Gasteiger partial charge < -0.3 is 10.2 Å². The molecule has 4 heteroatoms. The summed E-state index contributed by atoms with van der Waals surface area (Å²) in [4.78, 5) is 11.8. The Morgan fingerprint density at radius 3 is 2.58 bits per heavy atom. The Morgan fingerprint density at radius 2 is 1.84 bits per heavy atom. The van der Waals surface area contributed by atoms with Crippen LogP contribution in [0.3, 0.4) is 0 Å². The summed E-state index contributed by atoms with van der Waals surface area (Å²) in [5.41, 5.74) is 2.20. The number of fused-ring (bicyclic) bond motifs is 1. The Hall–Kier alpha value is -1.68. The number of piperazine rings is 1. The van der Waals surface area contributed by atoms with E-state index in [9.17, 15) is 0 Å². The van der Waals surface area contributed by atoms with Crippen molar-refractivity contribution >= 4 is 16.9 Å².